The van der Waals surface area contributed by atoms with E-state index in [4.69, 9.17) is 56.8 Å². The maximum Gasteiger partial charge on any atom is 0.462 e. The van der Waals surface area contributed by atoms with Crippen molar-refractivity contribution in [3.05, 3.63) is 84.0 Å². The van der Waals surface area contributed by atoms with Crippen LogP contribution in [-0.2, 0) is 62.4 Å². The Bertz CT molecular complexity index is 1420. The van der Waals surface area contributed by atoms with E-state index in [1.165, 1.54) is 13.8 Å². The number of hydrogen-bond acceptors (Lipinski definition) is 14. The molecule has 0 heterocycles. The molecule has 14 nitrogen and oxygen atoms in total. The first-order chi connectivity index (χ1) is 27.0. The van der Waals surface area contributed by atoms with E-state index < -0.39 is 41.2 Å². The first-order valence-corrected chi connectivity index (χ1v) is 19.5. The Kier molecular flexibility index (Phi) is 19.3. The maximum absolute atomic E-state index is 13.1. The molecule has 320 valence electrons. The number of esters is 2. The minimum Gasteiger partial charge on any atom is -0.424 e. The Morgan fingerprint density at radius 3 is 0.877 bits per heavy atom. The molecule has 2 atom stereocenters. The summed E-state index contributed by atoms with van der Waals surface area (Å²) >= 11 is 0. The van der Waals surface area contributed by atoms with Gasteiger partial charge in [0, 0.05) is 16.6 Å². The molecule has 0 radical (unpaired) electrons. The highest BCUT2D eigenvalue weighted by molar-refractivity contribution is 5.87. The Hall–Kier alpha value is -3.86. The highest BCUT2D eigenvalue weighted by Crippen LogP contribution is 2.41. The Labute approximate surface area is 338 Å². The van der Waals surface area contributed by atoms with Crippen molar-refractivity contribution in [2.24, 2.45) is 0 Å². The van der Waals surface area contributed by atoms with Crippen molar-refractivity contribution in [3.63, 3.8) is 0 Å². The van der Waals surface area contributed by atoms with Gasteiger partial charge in [0.2, 0.25) is 0 Å². The van der Waals surface area contributed by atoms with Gasteiger partial charge in [-0.1, -0.05) is 51.3 Å². The minimum absolute atomic E-state index is 0.0369. The number of ether oxygens (including phenoxy) is 12. The molecular formula is C43H64O14. The minimum atomic E-state index is -2.33. The smallest absolute Gasteiger partial charge is 0.424 e. The second kappa shape index (κ2) is 22.3. The van der Waals surface area contributed by atoms with E-state index in [1.54, 1.807) is 79.7 Å². The lowest BCUT2D eigenvalue weighted by Crippen LogP contribution is -2.66. The summed E-state index contributed by atoms with van der Waals surface area (Å²) in [6, 6.07) is 14.4. The van der Waals surface area contributed by atoms with Crippen LogP contribution in [0.3, 0.4) is 0 Å². The molecule has 14 heteroatoms. The van der Waals surface area contributed by atoms with Gasteiger partial charge >= 0.3 is 35.8 Å². The van der Waals surface area contributed by atoms with Gasteiger partial charge in [-0.2, -0.15) is 0 Å². The van der Waals surface area contributed by atoms with E-state index in [9.17, 15) is 9.59 Å². The molecule has 2 unspecified atom stereocenters. The third-order valence-electron chi connectivity index (χ3n) is 8.23. The summed E-state index contributed by atoms with van der Waals surface area (Å²) in [7, 11) is 0. The quantitative estimate of drug-likeness (QED) is 0.0466. The molecule has 0 aliphatic rings. The van der Waals surface area contributed by atoms with Crippen molar-refractivity contribution >= 4 is 11.9 Å². The van der Waals surface area contributed by atoms with Gasteiger partial charge in [0.05, 0.1) is 52.9 Å². The van der Waals surface area contributed by atoms with Crippen LogP contribution in [0.5, 0.6) is 11.5 Å². The average Bonchev–Trinajstić information content (AvgIpc) is 3.15. The Balaban J connectivity index is 2.62. The summed E-state index contributed by atoms with van der Waals surface area (Å²) < 4.78 is 72.5. The highest BCUT2D eigenvalue weighted by Gasteiger charge is 2.66. The zero-order chi connectivity index (χ0) is 42.9. The first-order valence-electron chi connectivity index (χ1n) is 19.5. The second-order valence-corrected chi connectivity index (χ2v) is 12.9. The van der Waals surface area contributed by atoms with E-state index in [0.717, 1.165) is 11.1 Å². The van der Waals surface area contributed by atoms with Crippen molar-refractivity contribution in [2.75, 3.05) is 52.9 Å². The van der Waals surface area contributed by atoms with Gasteiger partial charge in [-0.25, -0.2) is 9.59 Å². The fourth-order valence-electron chi connectivity index (χ4n) is 5.66. The van der Waals surface area contributed by atoms with E-state index in [0.29, 0.717) is 0 Å². The first kappa shape index (κ1) is 49.3. The normalized spacial score (nSPS) is 14.2. The van der Waals surface area contributed by atoms with Crippen molar-refractivity contribution in [3.8, 4) is 11.5 Å². The van der Waals surface area contributed by atoms with E-state index in [-0.39, 0.29) is 75.5 Å². The number of carbonyl (C=O) groups is 2. The average molecular weight is 805 g/mol. The van der Waals surface area contributed by atoms with Crippen LogP contribution in [0.2, 0.25) is 0 Å². The van der Waals surface area contributed by atoms with Crippen LogP contribution in [-0.4, -0.2) is 88.7 Å². The molecule has 0 amide bonds. The number of hydrogen-bond donors (Lipinski definition) is 0. The molecular weight excluding hydrogens is 740 g/mol. The predicted octanol–water partition coefficient (Wildman–Crippen LogP) is 7.92. The molecule has 2 aromatic rings. The fourth-order valence-corrected chi connectivity index (χ4v) is 5.66. The van der Waals surface area contributed by atoms with E-state index in [1.807, 2.05) is 38.1 Å². The van der Waals surface area contributed by atoms with Gasteiger partial charge in [0.25, 0.3) is 0 Å². The molecule has 0 saturated heterocycles. The zero-order valence-corrected chi connectivity index (χ0v) is 35.9. The third kappa shape index (κ3) is 11.6. The van der Waals surface area contributed by atoms with Crippen LogP contribution in [0.4, 0.5) is 0 Å². The number of benzene rings is 2. The second-order valence-electron chi connectivity index (χ2n) is 12.9. The van der Waals surface area contributed by atoms with Gasteiger partial charge in [-0.3, -0.25) is 0 Å². The molecule has 0 aliphatic heterocycles. The van der Waals surface area contributed by atoms with E-state index >= 15 is 0 Å². The summed E-state index contributed by atoms with van der Waals surface area (Å²) in [5.41, 5.74) is 1.43. The lowest BCUT2D eigenvalue weighted by Gasteiger charge is -2.44. The monoisotopic (exact) mass is 804 g/mol. The SMILES string of the molecule is C=C(C)C(=O)OC(OCC)(Oc1ccc(C(C)(C)c2ccc(OC(OCC)(OC(=O)C(=C)C)C(OCC)(OCC)OCC)cc2)cc1)C(OCC)(OCC)OCC. The zero-order valence-electron chi connectivity index (χ0n) is 35.9. The van der Waals surface area contributed by atoms with Crippen molar-refractivity contribution in [1.29, 1.82) is 0 Å². The van der Waals surface area contributed by atoms with Crippen LogP contribution in [0.25, 0.3) is 0 Å². The summed E-state index contributed by atoms with van der Waals surface area (Å²) in [6.45, 7) is 29.1. The lowest BCUT2D eigenvalue weighted by atomic mass is 9.78. The summed E-state index contributed by atoms with van der Waals surface area (Å²) in [6.07, 6.45) is 0. The van der Waals surface area contributed by atoms with Gasteiger partial charge in [0.1, 0.15) is 11.5 Å². The molecule has 0 saturated carbocycles. The van der Waals surface area contributed by atoms with Gasteiger partial charge in [-0.05, 0) is 105 Å². The highest BCUT2D eigenvalue weighted by atomic mass is 17.0. The molecule has 2 rings (SSSR count). The molecule has 0 aromatic heterocycles. The van der Waals surface area contributed by atoms with Gasteiger partial charge in [-0.15, -0.1) is 0 Å². The van der Waals surface area contributed by atoms with E-state index in [2.05, 4.69) is 13.2 Å². The molecule has 57 heavy (non-hydrogen) atoms. The third-order valence-corrected chi connectivity index (χ3v) is 8.23. The van der Waals surface area contributed by atoms with Crippen molar-refractivity contribution in [2.45, 2.75) is 112 Å². The number of rotatable bonds is 28. The maximum atomic E-state index is 13.1. The van der Waals surface area contributed by atoms with Gasteiger partial charge < -0.3 is 56.8 Å². The standard InChI is InChI=1S/C43H64O14/c1-15-46-40(47-16-2,48-17-3)42(52-21-7,56-37(44)31(9)10)54-35-27-23-33(24-28-35)39(13,14)34-25-29-36(30-26-34)55-43(53-22-8,57-38(45)32(11)12)41(49-18-4,50-19-5)51-20-6/h23-30H,9,11,15-22H2,1-8,10,12-14H3. The molecule has 2 aromatic carbocycles. The molecule has 0 aliphatic carbocycles. The van der Waals surface area contributed by atoms with Crippen LogP contribution in [0.15, 0.2) is 72.8 Å². The van der Waals surface area contributed by atoms with Crippen molar-refractivity contribution < 1.29 is 66.4 Å². The summed E-state index contributed by atoms with van der Waals surface area (Å²) in [5.74, 6) is -9.91. The van der Waals surface area contributed by atoms with Crippen LogP contribution < -0.4 is 9.47 Å². The summed E-state index contributed by atoms with van der Waals surface area (Å²) in [4.78, 5) is 26.1. The van der Waals surface area contributed by atoms with Crippen LogP contribution in [0.1, 0.15) is 94.2 Å². The fraction of sp³-hybridized carbons (Fsp3) is 0.581. The van der Waals surface area contributed by atoms with Crippen molar-refractivity contribution in [1.82, 2.24) is 0 Å². The Morgan fingerprint density at radius 1 is 0.439 bits per heavy atom. The predicted molar refractivity (Wildman–Crippen MR) is 212 cm³/mol. The Morgan fingerprint density at radius 2 is 0.667 bits per heavy atom. The molecule has 0 N–H and O–H groups in total. The molecule has 0 fully saturated rings. The molecule has 0 bridgehead atoms. The van der Waals surface area contributed by atoms with Gasteiger partial charge in [0.15, 0.2) is 0 Å². The van der Waals surface area contributed by atoms with Crippen LogP contribution in [0, 0.1) is 0 Å². The largest absolute Gasteiger partial charge is 0.462 e. The van der Waals surface area contributed by atoms with Crippen LogP contribution >= 0.6 is 0 Å². The number of carbonyl (C=O) groups excluding carboxylic acids is 2. The molecule has 0 spiro atoms. The topological polar surface area (TPSA) is 145 Å². The summed E-state index contributed by atoms with van der Waals surface area (Å²) in [5, 5.41) is 0. The lowest BCUT2D eigenvalue weighted by molar-refractivity contribution is -0.533.